The third-order valence-electron chi connectivity index (χ3n) is 4.58. The lowest BCUT2D eigenvalue weighted by Gasteiger charge is -2.35. The Balaban J connectivity index is 2.93. The summed E-state index contributed by atoms with van der Waals surface area (Å²) in [6.07, 6.45) is 3.26. The van der Waals surface area contributed by atoms with Gasteiger partial charge in [-0.25, -0.2) is 0 Å². The van der Waals surface area contributed by atoms with Crippen molar-refractivity contribution in [3.63, 3.8) is 0 Å². The lowest BCUT2D eigenvalue weighted by molar-refractivity contribution is -0.149. The fraction of sp³-hybridized carbons (Fsp3) is 0.824. The predicted octanol–water partition coefficient (Wildman–Crippen LogP) is 1.87. The van der Waals surface area contributed by atoms with Crippen molar-refractivity contribution < 1.29 is 19.5 Å². The molecule has 0 bridgehead atoms. The highest BCUT2D eigenvalue weighted by Crippen LogP contribution is 2.29. The van der Waals surface area contributed by atoms with Gasteiger partial charge in [-0.05, 0) is 31.6 Å². The molecule has 0 aliphatic carbocycles. The molecule has 0 aromatic heterocycles. The molecule has 0 aromatic rings. The first-order chi connectivity index (χ1) is 10.8. The second kappa shape index (κ2) is 8.89. The third kappa shape index (κ3) is 5.52. The Morgan fingerprint density at radius 2 is 1.91 bits per heavy atom. The minimum Gasteiger partial charge on any atom is -0.481 e. The molecule has 1 aliphatic heterocycles. The zero-order valence-corrected chi connectivity index (χ0v) is 14.5. The highest BCUT2D eigenvalue weighted by atomic mass is 16.4. The van der Waals surface area contributed by atoms with Gasteiger partial charge in [-0.15, -0.1) is 0 Å². The zero-order valence-electron chi connectivity index (χ0n) is 14.5. The van der Waals surface area contributed by atoms with Crippen molar-refractivity contribution in [3.8, 4) is 0 Å². The van der Waals surface area contributed by atoms with Gasteiger partial charge in [0.25, 0.3) is 0 Å². The smallest absolute Gasteiger partial charge is 0.308 e. The monoisotopic (exact) mass is 326 g/mol. The van der Waals surface area contributed by atoms with Crippen LogP contribution in [0.2, 0.25) is 0 Å². The van der Waals surface area contributed by atoms with Crippen LogP contribution in [0.4, 0.5) is 0 Å². The summed E-state index contributed by atoms with van der Waals surface area (Å²) >= 11 is 0. The van der Waals surface area contributed by atoms with E-state index >= 15 is 0 Å². The summed E-state index contributed by atoms with van der Waals surface area (Å²) in [7, 11) is 0. The van der Waals surface area contributed by atoms with Gasteiger partial charge < -0.3 is 15.7 Å². The normalized spacial score (nSPS) is 21.0. The number of carbonyl (C=O) groups is 3. The average molecular weight is 326 g/mol. The number of carbonyl (C=O) groups excluding carboxylic acids is 2. The largest absolute Gasteiger partial charge is 0.481 e. The van der Waals surface area contributed by atoms with Crippen molar-refractivity contribution in [1.29, 1.82) is 0 Å². The molecule has 3 N–H and O–H groups in total. The van der Waals surface area contributed by atoms with E-state index in [0.717, 1.165) is 6.42 Å². The number of amides is 2. The van der Waals surface area contributed by atoms with Crippen LogP contribution < -0.4 is 5.73 Å². The highest BCUT2D eigenvalue weighted by Gasteiger charge is 2.37. The second-order valence-electron chi connectivity index (χ2n) is 7.00. The van der Waals surface area contributed by atoms with Gasteiger partial charge in [0.2, 0.25) is 11.8 Å². The SMILES string of the molecule is CCC[C@H](C(N)=O)[C@@H](CC(C)C)C(=O)N1CCCC(C(=O)O)C1. The van der Waals surface area contributed by atoms with E-state index in [1.807, 2.05) is 20.8 Å². The molecule has 0 aromatic carbocycles. The number of hydrogen-bond acceptors (Lipinski definition) is 3. The summed E-state index contributed by atoms with van der Waals surface area (Å²) in [6, 6.07) is 0. The van der Waals surface area contributed by atoms with Gasteiger partial charge in [0, 0.05) is 24.9 Å². The zero-order chi connectivity index (χ0) is 17.6. The molecular formula is C17H30N2O4. The summed E-state index contributed by atoms with van der Waals surface area (Å²) in [5, 5.41) is 9.19. The Hall–Kier alpha value is -1.59. The van der Waals surface area contributed by atoms with E-state index in [4.69, 9.17) is 5.73 Å². The van der Waals surface area contributed by atoms with Crippen LogP contribution in [0, 0.1) is 23.7 Å². The molecule has 132 valence electrons. The molecular weight excluding hydrogens is 296 g/mol. The Kier molecular flexibility index (Phi) is 7.52. The molecule has 1 fully saturated rings. The number of nitrogens with zero attached hydrogens (tertiary/aromatic N) is 1. The maximum Gasteiger partial charge on any atom is 0.308 e. The fourth-order valence-corrected chi connectivity index (χ4v) is 3.41. The number of aliphatic carboxylic acids is 1. The van der Waals surface area contributed by atoms with Gasteiger partial charge in [0.05, 0.1) is 5.92 Å². The molecule has 6 heteroatoms. The molecule has 0 saturated carbocycles. The number of nitrogens with two attached hydrogens (primary N) is 1. The first-order valence-corrected chi connectivity index (χ1v) is 8.58. The van der Waals surface area contributed by atoms with E-state index < -0.39 is 29.6 Å². The summed E-state index contributed by atoms with van der Waals surface area (Å²) in [5.74, 6) is -2.56. The quantitative estimate of drug-likeness (QED) is 0.711. The van der Waals surface area contributed by atoms with Crippen LogP contribution in [-0.4, -0.2) is 40.9 Å². The van der Waals surface area contributed by atoms with Crippen molar-refractivity contribution in [1.82, 2.24) is 4.90 Å². The summed E-state index contributed by atoms with van der Waals surface area (Å²) < 4.78 is 0. The molecule has 6 nitrogen and oxygen atoms in total. The molecule has 1 rings (SSSR count). The number of carboxylic acid groups (broad SMARTS) is 1. The second-order valence-corrected chi connectivity index (χ2v) is 7.00. The van der Waals surface area contributed by atoms with Crippen LogP contribution in [0.1, 0.15) is 52.9 Å². The number of piperidine rings is 1. The van der Waals surface area contributed by atoms with Crippen LogP contribution in [0.5, 0.6) is 0 Å². The number of likely N-dealkylation sites (tertiary alicyclic amines) is 1. The molecule has 1 saturated heterocycles. The topological polar surface area (TPSA) is 101 Å². The number of hydrogen-bond donors (Lipinski definition) is 2. The van der Waals surface area contributed by atoms with Crippen molar-refractivity contribution in [2.24, 2.45) is 29.4 Å². The van der Waals surface area contributed by atoms with Crippen LogP contribution in [-0.2, 0) is 14.4 Å². The Morgan fingerprint density at radius 1 is 1.26 bits per heavy atom. The van der Waals surface area contributed by atoms with Gasteiger partial charge in [-0.3, -0.25) is 14.4 Å². The summed E-state index contributed by atoms with van der Waals surface area (Å²) in [4.78, 5) is 37.6. The maximum absolute atomic E-state index is 12.9. The fourth-order valence-electron chi connectivity index (χ4n) is 3.41. The third-order valence-corrected chi connectivity index (χ3v) is 4.58. The first kappa shape index (κ1) is 19.5. The summed E-state index contributed by atoms with van der Waals surface area (Å²) in [6.45, 7) is 6.80. The molecule has 1 aliphatic rings. The van der Waals surface area contributed by atoms with Gasteiger partial charge in [-0.1, -0.05) is 27.2 Å². The van der Waals surface area contributed by atoms with Gasteiger partial charge in [0.1, 0.15) is 0 Å². The van der Waals surface area contributed by atoms with E-state index in [-0.39, 0.29) is 18.4 Å². The van der Waals surface area contributed by atoms with Crippen LogP contribution in [0.25, 0.3) is 0 Å². The van der Waals surface area contributed by atoms with Crippen LogP contribution >= 0.6 is 0 Å². The average Bonchev–Trinajstić information content (AvgIpc) is 2.49. The molecule has 2 amide bonds. The van der Waals surface area contributed by atoms with Crippen molar-refractivity contribution in [3.05, 3.63) is 0 Å². The molecule has 1 unspecified atom stereocenters. The highest BCUT2D eigenvalue weighted by molar-refractivity contribution is 5.87. The molecule has 23 heavy (non-hydrogen) atoms. The molecule has 0 radical (unpaired) electrons. The van der Waals surface area contributed by atoms with E-state index in [2.05, 4.69) is 0 Å². The van der Waals surface area contributed by atoms with Crippen LogP contribution in [0.15, 0.2) is 0 Å². The van der Waals surface area contributed by atoms with E-state index in [0.29, 0.717) is 32.2 Å². The maximum atomic E-state index is 12.9. The van der Waals surface area contributed by atoms with Gasteiger partial charge >= 0.3 is 5.97 Å². The van der Waals surface area contributed by atoms with Gasteiger partial charge in [-0.2, -0.15) is 0 Å². The number of rotatable bonds is 8. The standard InChI is InChI=1S/C17H30N2O4/c1-4-6-13(15(18)20)14(9-11(2)3)16(21)19-8-5-7-12(10-19)17(22)23/h11-14H,4-10H2,1-3H3,(H2,18,20)(H,22,23)/t12?,13-,14+/m0/s1. The lowest BCUT2D eigenvalue weighted by atomic mass is 9.80. The van der Waals surface area contributed by atoms with Crippen molar-refractivity contribution >= 4 is 17.8 Å². The van der Waals surface area contributed by atoms with Gasteiger partial charge in [0.15, 0.2) is 0 Å². The van der Waals surface area contributed by atoms with E-state index in [1.54, 1.807) is 4.90 Å². The Morgan fingerprint density at radius 3 is 2.39 bits per heavy atom. The molecule has 1 heterocycles. The first-order valence-electron chi connectivity index (χ1n) is 8.58. The molecule has 0 spiro atoms. The number of primary amides is 1. The minimum atomic E-state index is -0.858. The van der Waals surface area contributed by atoms with Crippen molar-refractivity contribution in [2.45, 2.75) is 52.9 Å². The van der Waals surface area contributed by atoms with E-state index in [9.17, 15) is 19.5 Å². The molecule has 3 atom stereocenters. The summed E-state index contributed by atoms with van der Waals surface area (Å²) in [5.41, 5.74) is 5.54. The predicted molar refractivity (Wildman–Crippen MR) is 87.5 cm³/mol. The Bertz CT molecular complexity index is 436. The Labute approximate surface area is 138 Å². The minimum absolute atomic E-state index is 0.109. The lowest BCUT2D eigenvalue weighted by Crippen LogP contribution is -2.48. The van der Waals surface area contributed by atoms with E-state index in [1.165, 1.54) is 0 Å². The van der Waals surface area contributed by atoms with Crippen LogP contribution in [0.3, 0.4) is 0 Å². The van der Waals surface area contributed by atoms with Crippen molar-refractivity contribution in [2.75, 3.05) is 13.1 Å². The number of carboxylic acids is 1.